The van der Waals surface area contributed by atoms with E-state index in [1.807, 2.05) is 25.3 Å². The number of aliphatic hydroxyl groups is 1. The van der Waals surface area contributed by atoms with E-state index < -0.39 is 17.7 Å². The van der Waals surface area contributed by atoms with E-state index in [9.17, 15) is 14.7 Å². The average molecular weight is 414 g/mol. The first-order chi connectivity index (χ1) is 14.0. The van der Waals surface area contributed by atoms with Gasteiger partial charge in [0.2, 0.25) is 0 Å². The van der Waals surface area contributed by atoms with Gasteiger partial charge in [0.15, 0.2) is 0 Å². The Morgan fingerprint density at radius 1 is 1.21 bits per heavy atom. The van der Waals surface area contributed by atoms with E-state index in [4.69, 9.17) is 4.74 Å². The van der Waals surface area contributed by atoms with Gasteiger partial charge in [0.05, 0.1) is 18.2 Å². The lowest BCUT2D eigenvalue weighted by Crippen LogP contribution is -2.30. The number of amides is 1. The second-order valence-corrected chi connectivity index (χ2v) is 8.08. The summed E-state index contributed by atoms with van der Waals surface area (Å²) >= 11 is 1.51. The van der Waals surface area contributed by atoms with Gasteiger partial charge in [-0.25, -0.2) is 0 Å². The topological polar surface area (TPSA) is 66.8 Å². The number of rotatable bonds is 8. The van der Waals surface area contributed by atoms with Crippen molar-refractivity contribution in [1.82, 2.24) is 4.90 Å². The summed E-state index contributed by atoms with van der Waals surface area (Å²) < 4.78 is 5.52. The van der Waals surface area contributed by atoms with Gasteiger partial charge in [-0.1, -0.05) is 31.9 Å². The lowest BCUT2D eigenvalue weighted by molar-refractivity contribution is -0.139. The fourth-order valence-corrected chi connectivity index (χ4v) is 4.68. The summed E-state index contributed by atoms with van der Waals surface area (Å²) in [6, 6.07) is 8.40. The Hall–Kier alpha value is -2.60. The maximum absolute atomic E-state index is 13.0. The highest BCUT2D eigenvalue weighted by Gasteiger charge is 2.46. The number of aliphatic hydroxyl groups excluding tert-OH is 1. The SMILES string of the molecule is CCCCCN1C(=O)C(=O)/C(=C(\O)c2cccc(OCC)c2)C1c1sccc1C. The molecule has 29 heavy (non-hydrogen) atoms. The molecule has 1 aliphatic heterocycles. The van der Waals surface area contributed by atoms with Gasteiger partial charge in [-0.05, 0) is 49.4 Å². The molecule has 0 saturated carbocycles. The molecule has 1 aliphatic rings. The van der Waals surface area contributed by atoms with Gasteiger partial charge < -0.3 is 14.7 Å². The van der Waals surface area contributed by atoms with E-state index in [-0.39, 0.29) is 11.3 Å². The number of carbonyl (C=O) groups is 2. The van der Waals surface area contributed by atoms with Crippen molar-refractivity contribution in [3.8, 4) is 5.75 Å². The lowest BCUT2D eigenvalue weighted by atomic mass is 9.98. The van der Waals surface area contributed by atoms with Crippen LogP contribution in [0.25, 0.3) is 5.76 Å². The minimum Gasteiger partial charge on any atom is -0.507 e. The summed E-state index contributed by atoms with van der Waals surface area (Å²) in [4.78, 5) is 28.3. The third-order valence-corrected chi connectivity index (χ3v) is 6.18. The standard InChI is InChI=1S/C23H27NO4S/c1-4-6-7-12-24-19(22-15(3)11-13-29-22)18(21(26)23(24)27)20(25)16-9-8-10-17(14-16)28-5-2/h8-11,13-14,19,25H,4-7,12H2,1-3H3/b20-18-. The number of hydrogen-bond donors (Lipinski definition) is 1. The van der Waals surface area contributed by atoms with Crippen LogP contribution >= 0.6 is 11.3 Å². The number of benzene rings is 1. The number of unbranched alkanes of at least 4 members (excludes halogenated alkanes) is 2. The van der Waals surface area contributed by atoms with Crippen LogP contribution in [-0.4, -0.2) is 34.8 Å². The van der Waals surface area contributed by atoms with E-state index in [0.717, 1.165) is 29.7 Å². The van der Waals surface area contributed by atoms with E-state index in [1.165, 1.54) is 11.3 Å². The Balaban J connectivity index is 2.10. The molecule has 0 radical (unpaired) electrons. The Morgan fingerprint density at radius 3 is 2.66 bits per heavy atom. The molecule has 2 heterocycles. The molecule has 1 saturated heterocycles. The fourth-order valence-electron chi connectivity index (χ4n) is 3.64. The molecule has 1 N–H and O–H groups in total. The van der Waals surface area contributed by atoms with Gasteiger partial charge in [0, 0.05) is 17.0 Å². The molecule has 1 amide bonds. The molecule has 0 spiro atoms. The molecular formula is C23H27NO4S. The van der Waals surface area contributed by atoms with E-state index in [1.54, 1.807) is 29.2 Å². The van der Waals surface area contributed by atoms with Gasteiger partial charge >= 0.3 is 0 Å². The Kier molecular flexibility index (Phi) is 6.75. The molecule has 0 aliphatic carbocycles. The Labute approximate surface area is 175 Å². The highest BCUT2D eigenvalue weighted by atomic mass is 32.1. The quantitative estimate of drug-likeness (QED) is 0.284. The Morgan fingerprint density at radius 2 is 2.00 bits per heavy atom. The molecular weight excluding hydrogens is 386 g/mol. The van der Waals surface area contributed by atoms with Crippen LogP contribution in [0.3, 0.4) is 0 Å². The maximum atomic E-state index is 13.0. The molecule has 154 valence electrons. The number of hydrogen-bond acceptors (Lipinski definition) is 5. The highest BCUT2D eigenvalue weighted by molar-refractivity contribution is 7.10. The molecule has 3 rings (SSSR count). The van der Waals surface area contributed by atoms with Gasteiger partial charge in [-0.15, -0.1) is 11.3 Å². The summed E-state index contributed by atoms with van der Waals surface area (Å²) in [7, 11) is 0. The van der Waals surface area contributed by atoms with Crippen molar-refractivity contribution in [2.24, 2.45) is 0 Å². The molecule has 0 bridgehead atoms. The number of thiophene rings is 1. The highest BCUT2D eigenvalue weighted by Crippen LogP contribution is 2.42. The monoisotopic (exact) mass is 413 g/mol. The van der Waals surface area contributed by atoms with Crippen molar-refractivity contribution >= 4 is 28.8 Å². The normalized spacial score (nSPS) is 18.4. The summed E-state index contributed by atoms with van der Waals surface area (Å²) in [6.45, 7) is 6.94. The van der Waals surface area contributed by atoms with E-state index >= 15 is 0 Å². The summed E-state index contributed by atoms with van der Waals surface area (Å²) in [5, 5.41) is 13.0. The predicted molar refractivity (Wildman–Crippen MR) is 115 cm³/mol. The predicted octanol–water partition coefficient (Wildman–Crippen LogP) is 5.07. The Bertz CT molecular complexity index is 930. The minimum absolute atomic E-state index is 0.152. The van der Waals surface area contributed by atoms with Gasteiger partial charge in [-0.3, -0.25) is 9.59 Å². The van der Waals surface area contributed by atoms with Crippen LogP contribution in [0.5, 0.6) is 5.75 Å². The number of ether oxygens (including phenoxy) is 1. The summed E-state index contributed by atoms with van der Waals surface area (Å²) in [5.41, 5.74) is 1.64. The summed E-state index contributed by atoms with van der Waals surface area (Å²) in [6.07, 6.45) is 2.83. The molecule has 2 aromatic rings. The zero-order valence-corrected chi connectivity index (χ0v) is 17.9. The van der Waals surface area contributed by atoms with Gasteiger partial charge in [0.25, 0.3) is 11.7 Å². The van der Waals surface area contributed by atoms with Crippen LogP contribution in [-0.2, 0) is 9.59 Å². The van der Waals surface area contributed by atoms with E-state index in [0.29, 0.717) is 24.5 Å². The number of Topliss-reactive ketones (excluding diaryl/α,β-unsaturated/α-hetero) is 1. The van der Waals surface area contributed by atoms with Crippen molar-refractivity contribution in [1.29, 1.82) is 0 Å². The molecule has 1 unspecified atom stereocenters. The van der Waals surface area contributed by atoms with Crippen molar-refractivity contribution in [3.63, 3.8) is 0 Å². The molecule has 6 heteroatoms. The molecule has 1 fully saturated rings. The number of carbonyl (C=O) groups excluding carboxylic acids is 2. The van der Waals surface area contributed by atoms with Crippen molar-refractivity contribution in [3.05, 3.63) is 57.3 Å². The van der Waals surface area contributed by atoms with Crippen molar-refractivity contribution in [2.45, 2.75) is 46.1 Å². The third kappa shape index (κ3) is 4.22. The molecule has 5 nitrogen and oxygen atoms in total. The first-order valence-corrected chi connectivity index (χ1v) is 10.9. The number of likely N-dealkylation sites (tertiary alicyclic amines) is 1. The first-order valence-electron chi connectivity index (χ1n) is 10.0. The fraction of sp³-hybridized carbons (Fsp3) is 0.391. The first kappa shape index (κ1) is 21.1. The second kappa shape index (κ2) is 9.27. The maximum Gasteiger partial charge on any atom is 0.295 e. The van der Waals surface area contributed by atoms with Crippen LogP contribution in [0.4, 0.5) is 0 Å². The molecule has 1 aromatic carbocycles. The molecule has 1 atom stereocenters. The van der Waals surface area contributed by atoms with Crippen LogP contribution in [0.1, 0.15) is 55.2 Å². The van der Waals surface area contributed by atoms with Gasteiger partial charge in [0.1, 0.15) is 11.5 Å². The smallest absolute Gasteiger partial charge is 0.295 e. The minimum atomic E-state index is -0.626. The largest absolute Gasteiger partial charge is 0.507 e. The van der Waals surface area contributed by atoms with E-state index in [2.05, 4.69) is 6.92 Å². The zero-order chi connectivity index (χ0) is 21.0. The van der Waals surface area contributed by atoms with Gasteiger partial charge in [-0.2, -0.15) is 0 Å². The lowest BCUT2D eigenvalue weighted by Gasteiger charge is -2.24. The number of ketones is 1. The number of aryl methyl sites for hydroxylation is 1. The average Bonchev–Trinajstić information content (AvgIpc) is 3.24. The zero-order valence-electron chi connectivity index (χ0n) is 17.1. The van der Waals surface area contributed by atoms with Crippen LogP contribution in [0, 0.1) is 6.92 Å². The van der Waals surface area contributed by atoms with Crippen molar-refractivity contribution < 1.29 is 19.4 Å². The van der Waals surface area contributed by atoms with Crippen LogP contribution in [0.15, 0.2) is 41.3 Å². The third-order valence-electron chi connectivity index (χ3n) is 5.11. The van der Waals surface area contributed by atoms with Crippen LogP contribution < -0.4 is 4.74 Å². The van der Waals surface area contributed by atoms with Crippen molar-refractivity contribution in [2.75, 3.05) is 13.2 Å². The second-order valence-electron chi connectivity index (χ2n) is 7.13. The van der Waals surface area contributed by atoms with Crippen LogP contribution in [0.2, 0.25) is 0 Å². The summed E-state index contributed by atoms with van der Waals surface area (Å²) in [5.74, 6) is -0.710. The molecule has 1 aromatic heterocycles. The number of nitrogens with zero attached hydrogens (tertiary/aromatic N) is 1.